The van der Waals surface area contributed by atoms with Gasteiger partial charge in [-0.3, -0.25) is 10.9 Å². The summed E-state index contributed by atoms with van der Waals surface area (Å²) in [6.45, 7) is 0.395. The molecule has 7 heteroatoms. The Bertz CT molecular complexity index is 648. The van der Waals surface area contributed by atoms with E-state index < -0.39 is 0 Å². The monoisotopic (exact) mass is 339 g/mol. The highest BCUT2D eigenvalue weighted by Crippen LogP contribution is 2.24. The maximum atomic E-state index is 11.7. The molecule has 2 aromatic carbocycles. The summed E-state index contributed by atoms with van der Waals surface area (Å²) < 4.78 is 5.07. The van der Waals surface area contributed by atoms with E-state index in [0.717, 1.165) is 11.3 Å². The minimum atomic E-state index is -0.373. The Morgan fingerprint density at radius 2 is 1.86 bits per heavy atom. The first-order chi connectivity index (χ1) is 10.6. The van der Waals surface area contributed by atoms with Crippen LogP contribution in [0.15, 0.2) is 42.5 Å². The van der Waals surface area contributed by atoms with Crippen molar-refractivity contribution in [2.45, 2.75) is 6.54 Å². The molecule has 0 saturated carbocycles. The molecule has 5 nitrogen and oxygen atoms in total. The number of amides is 2. The van der Waals surface area contributed by atoms with Crippen molar-refractivity contribution in [1.82, 2.24) is 10.7 Å². The van der Waals surface area contributed by atoms with Gasteiger partial charge < -0.3 is 10.1 Å². The summed E-state index contributed by atoms with van der Waals surface area (Å²) >= 11 is 11.8. The summed E-state index contributed by atoms with van der Waals surface area (Å²) in [6, 6.07) is 12.0. The van der Waals surface area contributed by atoms with Crippen molar-refractivity contribution >= 4 is 34.9 Å². The Balaban J connectivity index is 1.80. The minimum Gasteiger partial charge on any atom is -0.497 e. The van der Waals surface area contributed by atoms with Crippen LogP contribution in [0.2, 0.25) is 10.0 Å². The van der Waals surface area contributed by atoms with Crippen LogP contribution >= 0.6 is 23.2 Å². The van der Waals surface area contributed by atoms with Gasteiger partial charge in [-0.15, -0.1) is 0 Å². The van der Waals surface area contributed by atoms with Crippen LogP contribution in [0.3, 0.4) is 0 Å². The van der Waals surface area contributed by atoms with E-state index in [-0.39, 0.29) is 6.03 Å². The van der Waals surface area contributed by atoms with Crippen molar-refractivity contribution in [2.75, 3.05) is 12.5 Å². The number of hydrogen-bond donors (Lipinski definition) is 3. The Hall–Kier alpha value is -2.11. The number of urea groups is 1. The fourth-order valence-corrected chi connectivity index (χ4v) is 2.14. The van der Waals surface area contributed by atoms with Gasteiger partial charge in [0.15, 0.2) is 0 Å². The van der Waals surface area contributed by atoms with Crippen molar-refractivity contribution in [3.8, 4) is 5.75 Å². The van der Waals surface area contributed by atoms with Crippen molar-refractivity contribution in [2.24, 2.45) is 0 Å². The zero-order chi connectivity index (χ0) is 15.9. The Morgan fingerprint density at radius 3 is 2.50 bits per heavy atom. The Morgan fingerprint density at radius 1 is 1.14 bits per heavy atom. The minimum absolute atomic E-state index is 0.373. The first-order valence-corrected chi connectivity index (χ1v) is 7.22. The van der Waals surface area contributed by atoms with E-state index in [1.54, 1.807) is 25.3 Å². The third kappa shape index (κ3) is 4.72. The summed E-state index contributed by atoms with van der Waals surface area (Å²) in [5.74, 6) is 0.771. The van der Waals surface area contributed by atoms with Crippen molar-refractivity contribution in [1.29, 1.82) is 0 Å². The van der Waals surface area contributed by atoms with E-state index in [1.165, 1.54) is 0 Å². The summed E-state index contributed by atoms with van der Waals surface area (Å²) in [5.41, 5.74) is 6.74. The highest BCUT2D eigenvalue weighted by atomic mass is 35.5. The Kier molecular flexibility index (Phi) is 5.75. The second kappa shape index (κ2) is 7.77. The van der Waals surface area contributed by atoms with Crippen LogP contribution in [0, 0.1) is 0 Å². The molecule has 0 unspecified atom stereocenters. The summed E-state index contributed by atoms with van der Waals surface area (Å²) in [5, 5.41) is 3.66. The quantitative estimate of drug-likeness (QED) is 0.725. The van der Waals surface area contributed by atoms with Gasteiger partial charge in [0.1, 0.15) is 5.75 Å². The molecule has 0 bridgehead atoms. The van der Waals surface area contributed by atoms with E-state index >= 15 is 0 Å². The molecule has 0 aromatic heterocycles. The number of benzene rings is 2. The van der Waals surface area contributed by atoms with Crippen molar-refractivity contribution in [3.63, 3.8) is 0 Å². The van der Waals surface area contributed by atoms with Crippen LogP contribution < -0.4 is 20.9 Å². The van der Waals surface area contributed by atoms with E-state index in [9.17, 15) is 4.79 Å². The number of anilines is 1. The fourth-order valence-electron chi connectivity index (χ4n) is 1.68. The molecule has 0 aliphatic heterocycles. The zero-order valence-corrected chi connectivity index (χ0v) is 13.3. The van der Waals surface area contributed by atoms with Crippen LogP contribution in [0.4, 0.5) is 10.5 Å². The molecule has 0 aliphatic carbocycles. The molecule has 2 rings (SSSR count). The summed E-state index contributed by atoms with van der Waals surface area (Å²) in [4.78, 5) is 11.7. The number of rotatable bonds is 5. The molecule has 0 radical (unpaired) electrons. The maximum Gasteiger partial charge on any atom is 0.333 e. The second-order valence-corrected chi connectivity index (χ2v) is 5.25. The lowest BCUT2D eigenvalue weighted by Crippen LogP contribution is -2.38. The summed E-state index contributed by atoms with van der Waals surface area (Å²) in [6.07, 6.45) is 0. The molecular weight excluding hydrogens is 325 g/mol. The molecule has 0 atom stereocenters. The molecule has 0 spiro atoms. The van der Waals surface area contributed by atoms with Gasteiger partial charge in [0.2, 0.25) is 0 Å². The second-order valence-electron chi connectivity index (χ2n) is 4.40. The van der Waals surface area contributed by atoms with Gasteiger partial charge >= 0.3 is 6.03 Å². The molecule has 2 aromatic rings. The van der Waals surface area contributed by atoms with Gasteiger partial charge in [-0.05, 0) is 35.9 Å². The van der Waals surface area contributed by atoms with Gasteiger partial charge in [0.05, 0.1) is 17.8 Å². The van der Waals surface area contributed by atoms with Gasteiger partial charge in [0.25, 0.3) is 0 Å². The number of halogens is 2. The van der Waals surface area contributed by atoms with Crippen molar-refractivity contribution < 1.29 is 9.53 Å². The van der Waals surface area contributed by atoms with Crippen molar-refractivity contribution in [3.05, 3.63) is 58.1 Å². The molecule has 0 saturated heterocycles. The molecule has 2 amide bonds. The molecule has 0 aliphatic rings. The van der Waals surface area contributed by atoms with Gasteiger partial charge in [-0.25, -0.2) is 4.79 Å². The van der Waals surface area contributed by atoms with E-state index in [2.05, 4.69) is 16.2 Å². The third-order valence-electron chi connectivity index (χ3n) is 2.85. The number of carbonyl (C=O) groups is 1. The lowest BCUT2D eigenvalue weighted by molar-refractivity contribution is 0.242. The molecule has 3 N–H and O–H groups in total. The number of hydrogen-bond acceptors (Lipinski definition) is 3. The number of methoxy groups -OCH3 is 1. The lowest BCUT2D eigenvalue weighted by atomic mass is 10.2. The van der Waals surface area contributed by atoms with E-state index in [1.807, 2.05) is 24.3 Å². The third-order valence-corrected chi connectivity index (χ3v) is 3.40. The smallest absolute Gasteiger partial charge is 0.333 e. The number of ether oxygens (including phenoxy) is 1. The van der Waals surface area contributed by atoms with Crippen LogP contribution in [0.1, 0.15) is 5.56 Å². The van der Waals surface area contributed by atoms with Crippen LogP contribution in [0.25, 0.3) is 0 Å². The lowest BCUT2D eigenvalue weighted by Gasteiger charge is -2.11. The van der Waals surface area contributed by atoms with Gasteiger partial charge in [-0.1, -0.05) is 35.3 Å². The average molecular weight is 340 g/mol. The molecule has 0 fully saturated rings. The number of hydrazine groups is 1. The number of nitrogens with one attached hydrogen (secondary N) is 3. The topological polar surface area (TPSA) is 62.4 Å². The average Bonchev–Trinajstić information content (AvgIpc) is 2.52. The summed E-state index contributed by atoms with van der Waals surface area (Å²) in [7, 11) is 1.61. The first-order valence-electron chi connectivity index (χ1n) is 6.46. The van der Waals surface area contributed by atoms with Crippen LogP contribution in [-0.2, 0) is 6.54 Å². The fraction of sp³-hybridized carbons (Fsp3) is 0.133. The Labute approximate surface area is 138 Å². The first kappa shape index (κ1) is 16.3. The largest absolute Gasteiger partial charge is 0.497 e. The highest BCUT2D eigenvalue weighted by Gasteiger charge is 2.03. The standard InChI is InChI=1S/C15H15Cl2N3O2/c1-22-12-5-2-10(3-6-12)9-18-15(21)20-19-14-7-4-11(16)8-13(14)17/h2-8,19H,9H2,1H3,(H2,18,20,21). The van der Waals surface area contributed by atoms with Gasteiger partial charge in [-0.2, -0.15) is 0 Å². The zero-order valence-electron chi connectivity index (χ0n) is 11.8. The van der Waals surface area contributed by atoms with E-state index in [0.29, 0.717) is 22.3 Å². The predicted octanol–water partition coefficient (Wildman–Crippen LogP) is 3.83. The maximum absolute atomic E-state index is 11.7. The molecular formula is C15H15Cl2N3O2. The van der Waals surface area contributed by atoms with Crippen LogP contribution in [-0.4, -0.2) is 13.1 Å². The molecule has 22 heavy (non-hydrogen) atoms. The highest BCUT2D eigenvalue weighted by molar-refractivity contribution is 6.36. The molecule has 116 valence electrons. The molecule has 0 heterocycles. The normalized spacial score (nSPS) is 9.95. The van der Waals surface area contributed by atoms with Crippen LogP contribution in [0.5, 0.6) is 5.75 Å². The van der Waals surface area contributed by atoms with E-state index in [4.69, 9.17) is 27.9 Å². The predicted molar refractivity (Wildman–Crippen MR) is 88.5 cm³/mol. The van der Waals surface area contributed by atoms with Gasteiger partial charge in [0, 0.05) is 11.6 Å². The SMILES string of the molecule is COc1ccc(CNC(=O)NNc2ccc(Cl)cc2Cl)cc1. The number of carbonyl (C=O) groups excluding carboxylic acids is 1.